The molecule has 8 bridgehead atoms. The Morgan fingerprint density at radius 1 is 0.976 bits per heavy atom. The van der Waals surface area contributed by atoms with Gasteiger partial charge in [-0.15, -0.1) is 33.5 Å². The van der Waals surface area contributed by atoms with Crippen molar-refractivity contribution >= 4 is 58.9 Å². The molecule has 208 valence electrons. The number of aliphatic hydroxyl groups is 1. The standard InChI is InChI=1S/C33H34N4O3.Mg/c1-9-19-16(5)22-11-21-14(3)15(4)30(36-21)28-29(33(39)40-8)32(38)27-18(7)24(37-31(27)28)13-26-20(10-2)17(6)23(35-26)12-25(19)34-22;/h9,11-15,29,32,38H,1,10H2,2-8H3;/q-4;+2/b21-11-,23-12-,26-13-,30-28-;/t14-,15-,29+,32?;/m0./s1. The monoisotopic (exact) mass is 558 g/mol. The quantitative estimate of drug-likeness (QED) is 0.390. The van der Waals surface area contributed by atoms with Gasteiger partial charge in [-0.3, -0.25) is 4.79 Å². The second-order valence-electron chi connectivity index (χ2n) is 11.1. The molecule has 6 rings (SSSR count). The van der Waals surface area contributed by atoms with Crippen molar-refractivity contribution in [2.24, 2.45) is 17.8 Å². The Balaban J connectivity index is 0.00000337. The molecule has 5 heterocycles. The number of fused-ring (bicyclic) bond motifs is 7. The van der Waals surface area contributed by atoms with Gasteiger partial charge in [0.1, 0.15) is 5.92 Å². The van der Waals surface area contributed by atoms with Gasteiger partial charge < -0.3 is 30.1 Å². The van der Waals surface area contributed by atoms with Crippen molar-refractivity contribution in [2.45, 2.75) is 54.1 Å². The van der Waals surface area contributed by atoms with E-state index in [1.54, 1.807) is 0 Å². The molecule has 8 heteroatoms. The van der Waals surface area contributed by atoms with Gasteiger partial charge in [-0.1, -0.05) is 79.5 Å². The zero-order chi connectivity index (χ0) is 28.6. The minimum Gasteiger partial charge on any atom is -0.664 e. The summed E-state index contributed by atoms with van der Waals surface area (Å²) in [5, 5.41) is 18.3. The van der Waals surface area contributed by atoms with Crippen LogP contribution in [-0.2, 0) is 16.0 Å². The molecule has 3 aliphatic rings. The summed E-state index contributed by atoms with van der Waals surface area (Å²) in [6, 6.07) is 0. The number of carbonyl (C=O) groups excluding carboxylic acids is 1. The summed E-state index contributed by atoms with van der Waals surface area (Å²) >= 11 is 0. The minimum atomic E-state index is -1.06. The van der Waals surface area contributed by atoms with Gasteiger partial charge in [-0.25, -0.2) is 0 Å². The van der Waals surface area contributed by atoms with Crippen LogP contribution in [0.4, 0.5) is 0 Å². The Morgan fingerprint density at radius 2 is 1.66 bits per heavy atom. The number of hydrogen-bond donors (Lipinski definition) is 1. The molecule has 7 nitrogen and oxygen atoms in total. The molecule has 0 spiro atoms. The molecule has 2 aliphatic heterocycles. The molecule has 1 saturated heterocycles. The van der Waals surface area contributed by atoms with Crippen LogP contribution in [0.1, 0.15) is 83.0 Å². The van der Waals surface area contributed by atoms with E-state index in [2.05, 4.69) is 41.2 Å². The van der Waals surface area contributed by atoms with Crippen LogP contribution >= 0.6 is 0 Å². The van der Waals surface area contributed by atoms with E-state index in [4.69, 9.17) is 25.0 Å². The Kier molecular flexibility index (Phi) is 7.55. The van der Waals surface area contributed by atoms with E-state index in [0.29, 0.717) is 16.8 Å². The number of ether oxygens (including phenoxy) is 1. The van der Waals surface area contributed by atoms with Crippen molar-refractivity contribution in [3.63, 3.8) is 0 Å². The van der Waals surface area contributed by atoms with E-state index in [0.717, 1.165) is 73.4 Å². The van der Waals surface area contributed by atoms with Crippen molar-refractivity contribution in [2.75, 3.05) is 7.11 Å². The average Bonchev–Trinajstić information content (AvgIpc) is 3.66. The van der Waals surface area contributed by atoms with Crippen LogP contribution in [0.5, 0.6) is 0 Å². The maximum absolute atomic E-state index is 13.1. The Labute approximate surface area is 256 Å². The molecule has 1 fully saturated rings. The van der Waals surface area contributed by atoms with Crippen molar-refractivity contribution in [3.05, 3.63) is 90.1 Å². The molecule has 4 atom stereocenters. The number of carbonyl (C=O) groups is 1. The minimum absolute atomic E-state index is 0. The van der Waals surface area contributed by atoms with Crippen molar-refractivity contribution in [3.8, 4) is 0 Å². The SMILES string of the molecule is C=Cc1c2[n-]c(c1C)/C=C1\[N-]/C(=C3\c4[n-]c(c(C)c4C(O)[C@@H]3C(=O)OC)/C=c3\[n-]/c(c(C)c3CC)=C\2)[C@@H](C)[C@@H]1C.[Mg+2]. The first-order valence-corrected chi connectivity index (χ1v) is 13.9. The zero-order valence-electron chi connectivity index (χ0n) is 24.8. The van der Waals surface area contributed by atoms with E-state index in [1.807, 2.05) is 31.2 Å². The summed E-state index contributed by atoms with van der Waals surface area (Å²) < 4.78 is 5.17. The second kappa shape index (κ2) is 10.6. The summed E-state index contributed by atoms with van der Waals surface area (Å²) in [6.45, 7) is 16.5. The Hall–Kier alpha value is -3.20. The first kappa shape index (κ1) is 29.3. The number of aliphatic hydroxyl groups excluding tert-OH is 1. The molecule has 41 heavy (non-hydrogen) atoms. The molecule has 0 aromatic carbocycles. The second-order valence-corrected chi connectivity index (χ2v) is 11.1. The summed E-state index contributed by atoms with van der Waals surface area (Å²) in [6.07, 6.45) is 7.68. The van der Waals surface area contributed by atoms with Crippen LogP contribution in [0, 0.1) is 38.5 Å². The van der Waals surface area contributed by atoms with E-state index >= 15 is 0 Å². The molecule has 0 radical (unpaired) electrons. The van der Waals surface area contributed by atoms with Gasteiger partial charge in [0.25, 0.3) is 0 Å². The molecule has 1 aliphatic carbocycles. The van der Waals surface area contributed by atoms with E-state index in [-0.39, 0.29) is 34.9 Å². The number of rotatable bonds is 3. The number of allylic oxidation sites excluding steroid dienone is 2. The molecule has 0 saturated carbocycles. The normalized spacial score (nSPS) is 27.1. The molecule has 0 amide bonds. The van der Waals surface area contributed by atoms with Crippen LogP contribution < -0.4 is 25.7 Å². The van der Waals surface area contributed by atoms with Crippen LogP contribution in [-0.4, -0.2) is 41.2 Å². The third-order valence-corrected chi connectivity index (χ3v) is 9.16. The van der Waals surface area contributed by atoms with E-state index in [9.17, 15) is 9.90 Å². The van der Waals surface area contributed by atoms with Crippen molar-refractivity contribution in [1.29, 1.82) is 0 Å². The molecular formula is C33H34MgN4O3-2. The van der Waals surface area contributed by atoms with E-state index < -0.39 is 18.0 Å². The Bertz CT molecular complexity index is 1780. The number of hydrogen-bond acceptors (Lipinski definition) is 3. The third kappa shape index (κ3) is 4.22. The van der Waals surface area contributed by atoms with Gasteiger partial charge in [0.15, 0.2) is 0 Å². The van der Waals surface area contributed by atoms with Crippen LogP contribution in [0.25, 0.3) is 35.2 Å². The van der Waals surface area contributed by atoms with Crippen LogP contribution in [0.2, 0.25) is 0 Å². The fourth-order valence-electron chi connectivity index (χ4n) is 6.56. The Morgan fingerprint density at radius 3 is 2.32 bits per heavy atom. The first-order valence-electron chi connectivity index (χ1n) is 13.9. The van der Waals surface area contributed by atoms with Gasteiger partial charge in [-0.2, -0.15) is 11.4 Å². The van der Waals surface area contributed by atoms with E-state index in [1.165, 1.54) is 7.11 Å². The van der Waals surface area contributed by atoms with Crippen LogP contribution in [0.3, 0.4) is 0 Å². The summed E-state index contributed by atoms with van der Waals surface area (Å²) in [5.74, 6) is -1.30. The molecular weight excluding hydrogens is 525 g/mol. The zero-order valence-corrected chi connectivity index (χ0v) is 26.2. The summed E-state index contributed by atoms with van der Waals surface area (Å²) in [5.41, 5.74) is 11.1. The molecule has 1 N–H and O–H groups in total. The van der Waals surface area contributed by atoms with Gasteiger partial charge in [0.05, 0.1) is 13.2 Å². The van der Waals surface area contributed by atoms with Crippen molar-refractivity contribution < 1.29 is 14.6 Å². The maximum Gasteiger partial charge on any atom is 2.00 e. The predicted octanol–water partition coefficient (Wildman–Crippen LogP) is 3.53. The first-order chi connectivity index (χ1) is 19.1. The van der Waals surface area contributed by atoms with Gasteiger partial charge in [-0.05, 0) is 50.2 Å². The number of methoxy groups -OCH3 is 1. The fraction of sp³-hybridized carbons (Fsp3) is 0.364. The maximum atomic E-state index is 13.1. The molecule has 3 aromatic rings. The van der Waals surface area contributed by atoms with Gasteiger partial charge >= 0.3 is 29.0 Å². The topological polar surface area (TPSA) is 103 Å². The smallest absolute Gasteiger partial charge is 0.664 e. The number of esters is 1. The predicted molar refractivity (Wildman–Crippen MR) is 162 cm³/mol. The van der Waals surface area contributed by atoms with Crippen LogP contribution in [0.15, 0.2) is 18.0 Å². The average molecular weight is 559 g/mol. The fourth-order valence-corrected chi connectivity index (χ4v) is 6.56. The largest absolute Gasteiger partial charge is 2.00 e. The molecule has 3 aromatic heterocycles. The van der Waals surface area contributed by atoms with Gasteiger partial charge in [0, 0.05) is 0 Å². The third-order valence-electron chi connectivity index (χ3n) is 9.16. The summed E-state index contributed by atoms with van der Waals surface area (Å²) in [7, 11) is 1.35. The van der Waals surface area contributed by atoms with Crippen molar-refractivity contribution in [1.82, 2.24) is 15.0 Å². The van der Waals surface area contributed by atoms with Gasteiger partial charge in [0.2, 0.25) is 0 Å². The molecule has 1 unspecified atom stereocenters. The number of nitrogens with zero attached hydrogens (tertiary/aromatic N) is 4. The number of aromatic nitrogens is 3. The summed E-state index contributed by atoms with van der Waals surface area (Å²) in [4.78, 5) is 28.1.